The second kappa shape index (κ2) is 4.86. The van der Waals surface area contributed by atoms with Crippen LogP contribution in [0.15, 0.2) is 12.1 Å². The van der Waals surface area contributed by atoms with Crippen LogP contribution >= 0.6 is 0 Å². The van der Waals surface area contributed by atoms with E-state index in [1.54, 1.807) is 0 Å². The summed E-state index contributed by atoms with van der Waals surface area (Å²) in [4.78, 5) is 10.8. The van der Waals surface area contributed by atoms with Gasteiger partial charge in [0.25, 0.3) is 0 Å². The van der Waals surface area contributed by atoms with Crippen molar-refractivity contribution < 1.29 is 33.3 Å². The molecule has 2 atom stereocenters. The van der Waals surface area contributed by atoms with Gasteiger partial charge >= 0.3 is 12.1 Å². The molecule has 1 aliphatic heterocycles. The number of halogens is 3. The van der Waals surface area contributed by atoms with Crippen molar-refractivity contribution in [2.24, 2.45) is 5.92 Å². The normalized spacial score (nSPS) is 22.9. The molecule has 0 amide bonds. The van der Waals surface area contributed by atoms with Gasteiger partial charge in [0, 0.05) is 12.6 Å². The lowest BCUT2D eigenvalue weighted by Gasteiger charge is -2.19. The Bertz CT molecular complexity index is 544. The second-order valence-electron chi connectivity index (χ2n) is 4.66. The third kappa shape index (κ3) is 2.64. The molecule has 1 aliphatic rings. The molecule has 20 heavy (non-hydrogen) atoms. The van der Waals surface area contributed by atoms with Crippen molar-refractivity contribution in [3.63, 3.8) is 0 Å². The smallest absolute Gasteiger partial charge is 0.416 e. The third-order valence-corrected chi connectivity index (χ3v) is 3.31. The van der Waals surface area contributed by atoms with Gasteiger partial charge in [0.05, 0.1) is 11.5 Å². The molecule has 1 aromatic rings. The molecule has 2 rings (SSSR count). The van der Waals surface area contributed by atoms with E-state index < -0.39 is 41.2 Å². The molecule has 0 radical (unpaired) electrons. The van der Waals surface area contributed by atoms with Crippen LogP contribution in [0.4, 0.5) is 13.2 Å². The van der Waals surface area contributed by atoms with Gasteiger partial charge in [-0.25, -0.2) is 0 Å². The second-order valence-corrected chi connectivity index (χ2v) is 4.66. The first-order valence-electron chi connectivity index (χ1n) is 5.79. The van der Waals surface area contributed by atoms with Gasteiger partial charge in [-0.15, -0.1) is 0 Å². The molecule has 0 bridgehead atoms. The molecular formula is C12H12F3NO4. The number of alkyl halides is 3. The number of carbonyl (C=O) groups is 1. The standard InChI is InChI=1S/C12H12F3NO4/c13-12(14,15)7-3-10(18)9(17)2-6(7)8-1-5(4-16-8)11(19)20/h2-3,5,8,16-18H,1,4H2,(H,19,20). The Morgan fingerprint density at radius 1 is 1.25 bits per heavy atom. The van der Waals surface area contributed by atoms with Gasteiger partial charge in [-0.05, 0) is 24.1 Å². The molecule has 8 heteroatoms. The van der Waals surface area contributed by atoms with Crippen LogP contribution in [0.5, 0.6) is 11.5 Å². The van der Waals surface area contributed by atoms with Gasteiger partial charge in [-0.3, -0.25) is 4.79 Å². The number of aliphatic carboxylic acids is 1. The Labute approximate surface area is 111 Å². The minimum Gasteiger partial charge on any atom is -0.504 e. The van der Waals surface area contributed by atoms with Gasteiger partial charge in [0.2, 0.25) is 0 Å². The molecule has 2 unspecified atom stereocenters. The van der Waals surface area contributed by atoms with Crippen molar-refractivity contribution in [1.82, 2.24) is 5.32 Å². The van der Waals surface area contributed by atoms with Gasteiger partial charge < -0.3 is 20.6 Å². The van der Waals surface area contributed by atoms with Crippen molar-refractivity contribution in [2.75, 3.05) is 6.54 Å². The maximum atomic E-state index is 12.9. The zero-order chi connectivity index (χ0) is 15.1. The van der Waals surface area contributed by atoms with E-state index in [0.29, 0.717) is 6.07 Å². The Balaban J connectivity index is 2.41. The average molecular weight is 291 g/mol. The van der Waals surface area contributed by atoms with Gasteiger partial charge in [0.15, 0.2) is 11.5 Å². The van der Waals surface area contributed by atoms with Crippen LogP contribution in [0, 0.1) is 5.92 Å². The number of phenols is 2. The summed E-state index contributed by atoms with van der Waals surface area (Å²) in [6, 6.07) is 0.430. The number of rotatable bonds is 2. The van der Waals surface area contributed by atoms with E-state index >= 15 is 0 Å². The lowest BCUT2D eigenvalue weighted by atomic mass is 9.95. The predicted octanol–water partition coefficient (Wildman–Crippen LogP) is 1.85. The Morgan fingerprint density at radius 2 is 1.85 bits per heavy atom. The highest BCUT2D eigenvalue weighted by atomic mass is 19.4. The van der Waals surface area contributed by atoms with Crippen molar-refractivity contribution in [3.8, 4) is 11.5 Å². The predicted molar refractivity (Wildman–Crippen MR) is 61.3 cm³/mol. The largest absolute Gasteiger partial charge is 0.504 e. The number of phenolic OH excluding ortho intramolecular Hbond substituents is 2. The van der Waals surface area contributed by atoms with Gasteiger partial charge in [-0.1, -0.05) is 0 Å². The topological polar surface area (TPSA) is 89.8 Å². The average Bonchev–Trinajstić information content (AvgIpc) is 2.80. The number of aromatic hydroxyl groups is 2. The zero-order valence-corrected chi connectivity index (χ0v) is 10.1. The molecule has 1 saturated heterocycles. The summed E-state index contributed by atoms with van der Waals surface area (Å²) >= 11 is 0. The highest BCUT2D eigenvalue weighted by Gasteiger charge is 2.39. The van der Waals surface area contributed by atoms with E-state index in [1.165, 1.54) is 0 Å². The molecular weight excluding hydrogens is 279 g/mol. The highest BCUT2D eigenvalue weighted by Crippen LogP contribution is 2.42. The molecule has 1 aromatic carbocycles. The van der Waals surface area contributed by atoms with E-state index in [2.05, 4.69) is 5.32 Å². The zero-order valence-electron chi connectivity index (χ0n) is 10.1. The first-order chi connectivity index (χ1) is 9.20. The SMILES string of the molecule is O=C(O)C1CNC(c2cc(O)c(O)cc2C(F)(F)F)C1. The molecule has 110 valence electrons. The third-order valence-electron chi connectivity index (χ3n) is 3.31. The minimum absolute atomic E-state index is 0.0113. The van der Waals surface area contributed by atoms with Crippen molar-refractivity contribution in [2.45, 2.75) is 18.6 Å². The number of benzene rings is 1. The Hall–Kier alpha value is -1.96. The summed E-state index contributed by atoms with van der Waals surface area (Å²) in [6.45, 7) is 0.0545. The lowest BCUT2D eigenvalue weighted by molar-refractivity contribution is -0.141. The summed E-state index contributed by atoms with van der Waals surface area (Å²) in [6.07, 6.45) is -4.72. The molecule has 4 N–H and O–H groups in total. The number of carboxylic acids is 1. The van der Waals surface area contributed by atoms with E-state index in [1.807, 2.05) is 0 Å². The van der Waals surface area contributed by atoms with E-state index in [4.69, 9.17) is 5.11 Å². The van der Waals surface area contributed by atoms with Crippen LogP contribution in [0.3, 0.4) is 0 Å². The lowest BCUT2D eigenvalue weighted by Crippen LogP contribution is -2.19. The summed E-state index contributed by atoms with van der Waals surface area (Å²) in [5.41, 5.74) is -1.35. The quantitative estimate of drug-likeness (QED) is 0.624. The van der Waals surface area contributed by atoms with Crippen molar-refractivity contribution in [1.29, 1.82) is 0 Å². The number of carboxylic acid groups (broad SMARTS) is 1. The minimum atomic E-state index is -4.70. The van der Waals surface area contributed by atoms with E-state index in [0.717, 1.165) is 6.07 Å². The molecule has 1 fully saturated rings. The first kappa shape index (κ1) is 14.4. The van der Waals surface area contributed by atoms with Crippen molar-refractivity contribution in [3.05, 3.63) is 23.3 Å². The van der Waals surface area contributed by atoms with Crippen LogP contribution in [-0.4, -0.2) is 27.8 Å². The van der Waals surface area contributed by atoms with Gasteiger partial charge in [0.1, 0.15) is 0 Å². The van der Waals surface area contributed by atoms with Crippen LogP contribution in [0.1, 0.15) is 23.6 Å². The van der Waals surface area contributed by atoms with Crippen LogP contribution < -0.4 is 5.32 Å². The monoisotopic (exact) mass is 291 g/mol. The number of hydrogen-bond acceptors (Lipinski definition) is 4. The van der Waals surface area contributed by atoms with Crippen LogP contribution in [-0.2, 0) is 11.0 Å². The molecule has 0 aliphatic carbocycles. The fourth-order valence-corrected chi connectivity index (χ4v) is 2.29. The Kier molecular flexibility index (Phi) is 3.51. The van der Waals surface area contributed by atoms with Crippen LogP contribution in [0.2, 0.25) is 0 Å². The first-order valence-corrected chi connectivity index (χ1v) is 5.79. The maximum Gasteiger partial charge on any atom is 0.416 e. The maximum absolute atomic E-state index is 12.9. The van der Waals surface area contributed by atoms with E-state index in [9.17, 15) is 28.2 Å². The van der Waals surface area contributed by atoms with E-state index in [-0.39, 0.29) is 18.5 Å². The number of nitrogens with one attached hydrogen (secondary N) is 1. The molecule has 0 saturated carbocycles. The molecule has 0 spiro atoms. The Morgan fingerprint density at radius 3 is 2.35 bits per heavy atom. The van der Waals surface area contributed by atoms with Crippen LogP contribution in [0.25, 0.3) is 0 Å². The molecule has 5 nitrogen and oxygen atoms in total. The molecule has 1 heterocycles. The van der Waals surface area contributed by atoms with Gasteiger partial charge in [-0.2, -0.15) is 13.2 Å². The van der Waals surface area contributed by atoms with Crippen molar-refractivity contribution >= 4 is 5.97 Å². The highest BCUT2D eigenvalue weighted by molar-refractivity contribution is 5.71. The molecule has 0 aromatic heterocycles. The number of hydrogen-bond donors (Lipinski definition) is 4. The fraction of sp³-hybridized carbons (Fsp3) is 0.417. The summed E-state index contributed by atoms with van der Waals surface area (Å²) in [7, 11) is 0. The fourth-order valence-electron chi connectivity index (χ4n) is 2.29. The summed E-state index contributed by atoms with van der Waals surface area (Å²) in [5.74, 6) is -3.41. The summed E-state index contributed by atoms with van der Waals surface area (Å²) < 4.78 is 38.8. The summed E-state index contributed by atoms with van der Waals surface area (Å²) in [5, 5.41) is 30.1.